The van der Waals surface area contributed by atoms with Gasteiger partial charge in [0.05, 0.1) is 6.54 Å². The number of carbonyl (C=O) groups is 1. The first-order valence-corrected chi connectivity index (χ1v) is 6.78. The molecule has 0 fully saturated rings. The van der Waals surface area contributed by atoms with Crippen molar-refractivity contribution in [2.24, 2.45) is 0 Å². The molecule has 98 valence electrons. The van der Waals surface area contributed by atoms with E-state index in [9.17, 15) is 9.59 Å². The van der Waals surface area contributed by atoms with Crippen LogP contribution in [0.5, 0.6) is 0 Å². The van der Waals surface area contributed by atoms with E-state index < -0.39 is 0 Å². The summed E-state index contributed by atoms with van der Waals surface area (Å²) in [5.74, 6) is 0.0193. The summed E-state index contributed by atoms with van der Waals surface area (Å²) in [5, 5.41) is 0. The second kappa shape index (κ2) is 5.97. The lowest BCUT2D eigenvalue weighted by Gasteiger charge is -2.07. The first kappa shape index (κ1) is 13.7. The predicted octanol–water partition coefficient (Wildman–Crippen LogP) is 2.73. The van der Waals surface area contributed by atoms with Gasteiger partial charge in [-0.05, 0) is 34.5 Å². The first-order chi connectivity index (χ1) is 9.06. The topological polar surface area (TPSA) is 39.1 Å². The molecule has 0 amide bonds. The first-order valence-electron chi connectivity index (χ1n) is 5.98. The molecule has 2 rings (SSSR count). The maximum absolute atomic E-state index is 12.0. The molecular formula is C15H14BrNO2. The van der Waals surface area contributed by atoms with Crippen LogP contribution in [0.3, 0.4) is 0 Å². The van der Waals surface area contributed by atoms with Gasteiger partial charge in [-0.2, -0.15) is 0 Å². The minimum atomic E-state index is -0.121. The van der Waals surface area contributed by atoms with Crippen molar-refractivity contribution in [1.82, 2.24) is 4.57 Å². The minimum absolute atomic E-state index is 0.0193. The molecule has 0 aliphatic carbocycles. The Kier molecular flexibility index (Phi) is 4.32. The molecule has 0 unspecified atom stereocenters. The molecule has 0 atom stereocenters. The number of hydrogen-bond acceptors (Lipinski definition) is 2. The lowest BCUT2D eigenvalue weighted by Crippen LogP contribution is -2.26. The molecule has 0 aliphatic heterocycles. The third-order valence-corrected chi connectivity index (χ3v) is 3.26. The quantitative estimate of drug-likeness (QED) is 0.869. The summed E-state index contributed by atoms with van der Waals surface area (Å²) < 4.78 is 2.25. The number of aryl methyl sites for hydroxylation is 1. The molecule has 0 bridgehead atoms. The van der Waals surface area contributed by atoms with Gasteiger partial charge in [0.15, 0.2) is 5.78 Å². The Labute approximate surface area is 120 Å². The molecule has 2 aromatic rings. The van der Waals surface area contributed by atoms with Gasteiger partial charge in [0.25, 0.3) is 5.56 Å². The maximum Gasteiger partial charge on any atom is 0.253 e. The molecule has 0 aliphatic rings. The molecule has 0 spiro atoms. The maximum atomic E-state index is 12.0. The van der Waals surface area contributed by atoms with E-state index in [4.69, 9.17) is 0 Å². The van der Waals surface area contributed by atoms with Gasteiger partial charge in [-0.3, -0.25) is 9.59 Å². The number of rotatable bonds is 4. The van der Waals surface area contributed by atoms with E-state index in [2.05, 4.69) is 15.9 Å². The predicted molar refractivity (Wildman–Crippen MR) is 78.3 cm³/mol. The monoisotopic (exact) mass is 319 g/mol. The fraction of sp³-hybridized carbons (Fsp3) is 0.200. The summed E-state index contributed by atoms with van der Waals surface area (Å²) >= 11 is 3.33. The van der Waals surface area contributed by atoms with Crippen molar-refractivity contribution in [2.75, 3.05) is 0 Å². The number of pyridine rings is 1. The second-order valence-electron chi connectivity index (χ2n) is 4.48. The van der Waals surface area contributed by atoms with E-state index in [0.29, 0.717) is 12.0 Å². The van der Waals surface area contributed by atoms with Crippen molar-refractivity contribution in [3.05, 3.63) is 68.5 Å². The number of ketones is 1. The number of aromatic nitrogens is 1. The highest BCUT2D eigenvalue weighted by molar-refractivity contribution is 9.10. The molecule has 0 saturated heterocycles. The third-order valence-electron chi connectivity index (χ3n) is 2.82. The van der Waals surface area contributed by atoms with Gasteiger partial charge < -0.3 is 4.57 Å². The van der Waals surface area contributed by atoms with Crippen LogP contribution in [0.15, 0.2) is 51.9 Å². The summed E-state index contributed by atoms with van der Waals surface area (Å²) in [4.78, 5) is 23.9. The van der Waals surface area contributed by atoms with E-state index in [1.165, 1.54) is 4.57 Å². The van der Waals surface area contributed by atoms with Crippen molar-refractivity contribution in [1.29, 1.82) is 0 Å². The van der Waals surface area contributed by atoms with Crippen LogP contribution in [0.1, 0.15) is 11.1 Å². The zero-order valence-corrected chi connectivity index (χ0v) is 12.2. The van der Waals surface area contributed by atoms with Crippen molar-refractivity contribution in [3.63, 3.8) is 0 Å². The Bertz CT molecular complexity index is 647. The highest BCUT2D eigenvalue weighted by Gasteiger charge is 2.08. The normalized spacial score (nSPS) is 10.4. The van der Waals surface area contributed by atoms with Crippen LogP contribution in [0, 0.1) is 6.92 Å². The van der Waals surface area contributed by atoms with Crippen molar-refractivity contribution < 1.29 is 4.79 Å². The fourth-order valence-electron chi connectivity index (χ4n) is 1.93. The van der Waals surface area contributed by atoms with Gasteiger partial charge in [0, 0.05) is 22.7 Å². The summed E-state index contributed by atoms with van der Waals surface area (Å²) in [6.45, 7) is 1.85. The zero-order valence-electron chi connectivity index (χ0n) is 10.6. The lowest BCUT2D eigenvalue weighted by molar-refractivity contribution is -0.119. The molecular weight excluding hydrogens is 306 g/mol. The lowest BCUT2D eigenvalue weighted by atomic mass is 10.1. The van der Waals surface area contributed by atoms with Crippen LogP contribution in [-0.2, 0) is 17.8 Å². The number of halogens is 1. The van der Waals surface area contributed by atoms with Crippen molar-refractivity contribution >= 4 is 21.7 Å². The molecule has 0 N–H and O–H groups in total. The largest absolute Gasteiger partial charge is 0.307 e. The summed E-state index contributed by atoms with van der Waals surface area (Å²) in [6.07, 6.45) is 2.00. The fourth-order valence-corrected chi connectivity index (χ4v) is 2.52. The summed E-state index contributed by atoms with van der Waals surface area (Å²) in [6, 6.07) is 11.3. The molecule has 1 heterocycles. The van der Waals surface area contributed by atoms with E-state index >= 15 is 0 Å². The molecule has 1 aromatic heterocycles. The Balaban J connectivity index is 2.14. The highest BCUT2D eigenvalue weighted by Crippen LogP contribution is 2.08. The molecule has 0 radical (unpaired) electrons. The number of Topliss-reactive ketones (excluding diaryl/α,β-unsaturated/α-hetero) is 1. The van der Waals surface area contributed by atoms with Crippen LogP contribution >= 0.6 is 15.9 Å². The Morgan fingerprint density at radius 3 is 2.63 bits per heavy atom. The van der Waals surface area contributed by atoms with Crippen molar-refractivity contribution in [3.8, 4) is 0 Å². The van der Waals surface area contributed by atoms with Crippen LogP contribution in [0.25, 0.3) is 0 Å². The zero-order chi connectivity index (χ0) is 13.8. The van der Waals surface area contributed by atoms with E-state index in [1.54, 1.807) is 19.2 Å². The summed E-state index contributed by atoms with van der Waals surface area (Å²) in [5.41, 5.74) is 1.47. The Morgan fingerprint density at radius 2 is 1.95 bits per heavy atom. The van der Waals surface area contributed by atoms with Gasteiger partial charge in [-0.1, -0.05) is 30.3 Å². The van der Waals surface area contributed by atoms with E-state index in [-0.39, 0.29) is 17.9 Å². The SMILES string of the molecule is Cc1cc(Br)cn(CC(=O)Cc2ccccc2)c1=O. The molecule has 0 saturated carbocycles. The van der Waals surface area contributed by atoms with Gasteiger partial charge in [0.1, 0.15) is 0 Å². The van der Waals surface area contributed by atoms with Crippen LogP contribution in [0.2, 0.25) is 0 Å². The number of benzene rings is 1. The summed E-state index contributed by atoms with van der Waals surface area (Å²) in [7, 11) is 0. The number of carbonyl (C=O) groups excluding carboxylic acids is 1. The number of hydrogen-bond donors (Lipinski definition) is 0. The van der Waals surface area contributed by atoms with Gasteiger partial charge >= 0.3 is 0 Å². The van der Waals surface area contributed by atoms with Gasteiger partial charge in [0.2, 0.25) is 0 Å². The van der Waals surface area contributed by atoms with Crippen LogP contribution in [-0.4, -0.2) is 10.4 Å². The van der Waals surface area contributed by atoms with Crippen LogP contribution in [0.4, 0.5) is 0 Å². The Hall–Kier alpha value is -1.68. The van der Waals surface area contributed by atoms with Crippen LogP contribution < -0.4 is 5.56 Å². The third kappa shape index (κ3) is 3.64. The smallest absolute Gasteiger partial charge is 0.253 e. The molecule has 4 heteroatoms. The Morgan fingerprint density at radius 1 is 1.26 bits per heavy atom. The molecule has 3 nitrogen and oxygen atoms in total. The molecule has 19 heavy (non-hydrogen) atoms. The van der Waals surface area contributed by atoms with E-state index in [0.717, 1.165) is 10.0 Å². The number of nitrogens with zero attached hydrogens (tertiary/aromatic N) is 1. The highest BCUT2D eigenvalue weighted by atomic mass is 79.9. The van der Waals surface area contributed by atoms with E-state index in [1.807, 2.05) is 30.3 Å². The van der Waals surface area contributed by atoms with Crippen molar-refractivity contribution in [2.45, 2.75) is 19.9 Å². The minimum Gasteiger partial charge on any atom is -0.307 e. The van der Waals surface area contributed by atoms with Gasteiger partial charge in [-0.15, -0.1) is 0 Å². The average Bonchev–Trinajstić information content (AvgIpc) is 2.36. The standard InChI is InChI=1S/C15H14BrNO2/c1-11-7-13(16)9-17(15(11)19)10-14(18)8-12-5-3-2-4-6-12/h2-7,9H,8,10H2,1H3. The average molecular weight is 320 g/mol. The molecule has 1 aromatic carbocycles. The van der Waals surface area contributed by atoms with Gasteiger partial charge in [-0.25, -0.2) is 0 Å². The second-order valence-corrected chi connectivity index (χ2v) is 5.39.